The molecule has 102 valence electrons. The van der Waals surface area contributed by atoms with E-state index >= 15 is 0 Å². The van der Waals surface area contributed by atoms with Crippen molar-refractivity contribution in [2.75, 3.05) is 5.32 Å². The zero-order chi connectivity index (χ0) is 12.6. The van der Waals surface area contributed by atoms with E-state index in [0.29, 0.717) is 0 Å². The first kappa shape index (κ1) is 13.9. The monoisotopic (exact) mass is 279 g/mol. The lowest BCUT2D eigenvalue weighted by Crippen LogP contribution is -2.48. The van der Waals surface area contributed by atoms with Gasteiger partial charge in [0.2, 0.25) is 5.91 Å². The quantitative estimate of drug-likeness (QED) is 0.791. The van der Waals surface area contributed by atoms with Gasteiger partial charge in [0.05, 0.1) is 5.54 Å². The predicted molar refractivity (Wildman–Crippen MR) is 79.6 cm³/mol. The fourth-order valence-corrected chi connectivity index (χ4v) is 2.62. The number of halogens is 1. The van der Waals surface area contributed by atoms with Crippen molar-refractivity contribution in [3.05, 3.63) is 30.5 Å². The molecule has 1 aromatic heterocycles. The second-order valence-electron chi connectivity index (χ2n) is 5.10. The average molecular weight is 280 g/mol. The Kier molecular flexibility index (Phi) is 3.83. The molecule has 1 aromatic carbocycles. The summed E-state index contributed by atoms with van der Waals surface area (Å²) in [5.74, 6) is -0.0603. The molecule has 0 bridgehead atoms. The molecule has 1 aliphatic carbocycles. The highest BCUT2D eigenvalue weighted by Gasteiger charge is 2.36. The van der Waals surface area contributed by atoms with Crippen molar-refractivity contribution in [2.45, 2.75) is 31.2 Å². The number of nitrogens with one attached hydrogen (secondary N) is 2. The number of hydrogen-bond acceptors (Lipinski definition) is 2. The molecule has 4 N–H and O–H groups in total. The number of fused-ring (bicyclic) bond motifs is 1. The van der Waals surface area contributed by atoms with E-state index in [4.69, 9.17) is 5.73 Å². The topological polar surface area (TPSA) is 70.9 Å². The number of benzene rings is 1. The summed E-state index contributed by atoms with van der Waals surface area (Å²) in [5, 5.41) is 4.02. The van der Waals surface area contributed by atoms with Gasteiger partial charge in [-0.05, 0) is 37.1 Å². The molecule has 0 spiro atoms. The van der Waals surface area contributed by atoms with Gasteiger partial charge in [-0.1, -0.05) is 12.8 Å². The first-order valence-corrected chi connectivity index (χ1v) is 6.35. The molecule has 2 aromatic rings. The van der Waals surface area contributed by atoms with Crippen LogP contribution in [0.4, 0.5) is 5.69 Å². The maximum atomic E-state index is 12.2. The molecule has 19 heavy (non-hydrogen) atoms. The summed E-state index contributed by atoms with van der Waals surface area (Å²) in [5.41, 5.74) is 7.33. The van der Waals surface area contributed by atoms with Crippen LogP contribution in [0.1, 0.15) is 25.7 Å². The van der Waals surface area contributed by atoms with Gasteiger partial charge in [0, 0.05) is 22.8 Å². The highest BCUT2D eigenvalue weighted by Crippen LogP contribution is 2.28. The number of amides is 1. The van der Waals surface area contributed by atoms with Gasteiger partial charge in [-0.25, -0.2) is 0 Å². The highest BCUT2D eigenvalue weighted by atomic mass is 35.5. The Balaban J connectivity index is 0.00000133. The van der Waals surface area contributed by atoms with Crippen LogP contribution in [0.25, 0.3) is 10.9 Å². The third kappa shape index (κ3) is 2.60. The number of aromatic nitrogens is 1. The van der Waals surface area contributed by atoms with Gasteiger partial charge in [-0.3, -0.25) is 4.79 Å². The van der Waals surface area contributed by atoms with E-state index in [0.717, 1.165) is 42.3 Å². The Morgan fingerprint density at radius 1 is 1.26 bits per heavy atom. The van der Waals surface area contributed by atoms with Crippen LogP contribution in [0.15, 0.2) is 30.5 Å². The summed E-state index contributed by atoms with van der Waals surface area (Å²) in [6.45, 7) is 0. The lowest BCUT2D eigenvalue weighted by molar-refractivity contribution is -0.121. The van der Waals surface area contributed by atoms with Gasteiger partial charge in [-0.15, -0.1) is 12.4 Å². The molecule has 0 aliphatic heterocycles. The van der Waals surface area contributed by atoms with Crippen LogP contribution in [0, 0.1) is 0 Å². The van der Waals surface area contributed by atoms with Gasteiger partial charge >= 0.3 is 0 Å². The van der Waals surface area contributed by atoms with Crippen molar-refractivity contribution in [2.24, 2.45) is 5.73 Å². The average Bonchev–Trinajstić information content (AvgIpc) is 2.98. The largest absolute Gasteiger partial charge is 0.361 e. The third-order valence-corrected chi connectivity index (χ3v) is 3.76. The summed E-state index contributed by atoms with van der Waals surface area (Å²) in [7, 11) is 0. The first-order valence-electron chi connectivity index (χ1n) is 6.35. The number of nitrogens with two attached hydrogens (primary N) is 1. The molecule has 1 heterocycles. The molecule has 0 radical (unpaired) electrons. The minimum Gasteiger partial charge on any atom is -0.361 e. The maximum absolute atomic E-state index is 12.2. The number of hydrogen-bond donors (Lipinski definition) is 3. The Morgan fingerprint density at radius 2 is 2.00 bits per heavy atom. The standard InChI is InChI=1S/C14H17N3O.ClH/c15-14(6-1-2-7-14)13(18)17-11-3-4-12-10(9-11)5-8-16-12;/h3-5,8-9,16H,1-2,6-7,15H2,(H,17,18);1H. The van der Waals surface area contributed by atoms with E-state index in [9.17, 15) is 4.79 Å². The zero-order valence-electron chi connectivity index (χ0n) is 10.6. The summed E-state index contributed by atoms with van der Waals surface area (Å²) in [6.07, 6.45) is 5.54. The van der Waals surface area contributed by atoms with Crippen LogP contribution >= 0.6 is 12.4 Å². The second-order valence-corrected chi connectivity index (χ2v) is 5.10. The summed E-state index contributed by atoms with van der Waals surface area (Å²) < 4.78 is 0. The van der Waals surface area contributed by atoms with Crippen LogP contribution in [0.5, 0.6) is 0 Å². The van der Waals surface area contributed by atoms with Crippen LogP contribution in [0.3, 0.4) is 0 Å². The van der Waals surface area contributed by atoms with Crippen molar-refractivity contribution in [1.82, 2.24) is 4.98 Å². The number of aromatic amines is 1. The zero-order valence-corrected chi connectivity index (χ0v) is 11.4. The summed E-state index contributed by atoms with van der Waals surface area (Å²) in [4.78, 5) is 15.3. The van der Waals surface area contributed by atoms with Crippen molar-refractivity contribution in [1.29, 1.82) is 0 Å². The molecule has 4 nitrogen and oxygen atoms in total. The first-order chi connectivity index (χ1) is 8.67. The van der Waals surface area contributed by atoms with Gasteiger partial charge in [0.15, 0.2) is 0 Å². The van der Waals surface area contributed by atoms with Crippen LogP contribution in [0.2, 0.25) is 0 Å². The Morgan fingerprint density at radius 3 is 2.74 bits per heavy atom. The third-order valence-electron chi connectivity index (χ3n) is 3.76. The minimum absolute atomic E-state index is 0. The molecule has 1 fully saturated rings. The SMILES string of the molecule is Cl.NC1(C(=O)Nc2ccc3[nH]ccc3c2)CCCC1. The molecular formula is C14H18ClN3O. The van der Waals surface area contributed by atoms with Crippen LogP contribution in [-0.4, -0.2) is 16.4 Å². The van der Waals surface area contributed by atoms with Crippen molar-refractivity contribution in [3.8, 4) is 0 Å². The van der Waals surface area contributed by atoms with Gasteiger partial charge in [-0.2, -0.15) is 0 Å². The summed E-state index contributed by atoms with van der Waals surface area (Å²) in [6, 6.07) is 7.80. The highest BCUT2D eigenvalue weighted by molar-refractivity contribution is 5.99. The molecule has 0 atom stereocenters. The molecular weight excluding hydrogens is 262 g/mol. The van der Waals surface area contributed by atoms with E-state index in [1.165, 1.54) is 0 Å². The lowest BCUT2D eigenvalue weighted by atomic mass is 9.98. The predicted octanol–water partition coefficient (Wildman–Crippen LogP) is 2.80. The van der Waals surface area contributed by atoms with E-state index in [-0.39, 0.29) is 18.3 Å². The van der Waals surface area contributed by atoms with Gasteiger partial charge in [0.1, 0.15) is 0 Å². The minimum atomic E-state index is -0.674. The number of carbonyl (C=O) groups excluding carboxylic acids is 1. The van der Waals surface area contributed by atoms with Crippen LogP contribution < -0.4 is 11.1 Å². The van der Waals surface area contributed by atoms with E-state index in [1.807, 2.05) is 30.5 Å². The molecule has 1 saturated carbocycles. The molecule has 3 rings (SSSR count). The molecule has 5 heteroatoms. The Hall–Kier alpha value is -1.52. The van der Waals surface area contributed by atoms with Crippen molar-refractivity contribution < 1.29 is 4.79 Å². The van der Waals surface area contributed by atoms with Gasteiger partial charge < -0.3 is 16.0 Å². The molecule has 1 amide bonds. The van der Waals surface area contributed by atoms with E-state index < -0.39 is 5.54 Å². The maximum Gasteiger partial charge on any atom is 0.244 e. The summed E-state index contributed by atoms with van der Waals surface area (Å²) >= 11 is 0. The number of carbonyl (C=O) groups is 1. The van der Waals surface area contributed by atoms with Crippen molar-refractivity contribution >= 4 is 34.9 Å². The molecule has 1 aliphatic rings. The Labute approximate surface area is 118 Å². The molecule has 0 unspecified atom stereocenters. The second kappa shape index (κ2) is 5.23. The normalized spacial score (nSPS) is 17.1. The fraction of sp³-hybridized carbons (Fsp3) is 0.357. The fourth-order valence-electron chi connectivity index (χ4n) is 2.62. The number of H-pyrrole nitrogens is 1. The van der Waals surface area contributed by atoms with E-state index in [1.54, 1.807) is 0 Å². The Bertz CT molecular complexity index is 587. The number of rotatable bonds is 2. The lowest BCUT2D eigenvalue weighted by Gasteiger charge is -2.22. The van der Waals surface area contributed by atoms with Crippen molar-refractivity contribution in [3.63, 3.8) is 0 Å². The number of anilines is 1. The smallest absolute Gasteiger partial charge is 0.244 e. The van der Waals surface area contributed by atoms with Crippen LogP contribution in [-0.2, 0) is 4.79 Å². The van der Waals surface area contributed by atoms with Gasteiger partial charge in [0.25, 0.3) is 0 Å². The van der Waals surface area contributed by atoms with E-state index in [2.05, 4.69) is 10.3 Å². The molecule has 0 saturated heterocycles.